The topological polar surface area (TPSA) is 68.5 Å². The molecule has 0 unspecified atom stereocenters. The first-order valence-corrected chi connectivity index (χ1v) is 6.46. The summed E-state index contributed by atoms with van der Waals surface area (Å²) in [6, 6.07) is 3.61. The first-order chi connectivity index (χ1) is 9.58. The van der Waals surface area contributed by atoms with E-state index in [0.29, 0.717) is 18.2 Å². The summed E-state index contributed by atoms with van der Waals surface area (Å²) < 4.78 is 5.29. The number of pyridine rings is 1. The summed E-state index contributed by atoms with van der Waals surface area (Å²) in [5, 5.41) is 0. The summed E-state index contributed by atoms with van der Waals surface area (Å²) in [6.07, 6.45) is 3.93. The maximum atomic E-state index is 11.7. The highest BCUT2D eigenvalue weighted by atomic mass is 16.5. The SMILES string of the molecule is C=C/C(=C\N)c1ccc(N(CCC)C(C)=O)nc1OC. The lowest BCUT2D eigenvalue weighted by molar-refractivity contribution is -0.116. The minimum Gasteiger partial charge on any atom is -0.480 e. The molecule has 0 aliphatic carbocycles. The van der Waals surface area contributed by atoms with Gasteiger partial charge in [0.05, 0.1) is 7.11 Å². The summed E-state index contributed by atoms with van der Waals surface area (Å²) in [5.74, 6) is 0.939. The van der Waals surface area contributed by atoms with E-state index < -0.39 is 0 Å². The van der Waals surface area contributed by atoms with Gasteiger partial charge in [0, 0.05) is 30.8 Å². The highest BCUT2D eigenvalue weighted by molar-refractivity contribution is 5.90. The van der Waals surface area contributed by atoms with Crippen molar-refractivity contribution in [1.29, 1.82) is 0 Å². The van der Waals surface area contributed by atoms with Gasteiger partial charge in [0.1, 0.15) is 5.82 Å². The predicted molar refractivity (Wildman–Crippen MR) is 81.5 cm³/mol. The van der Waals surface area contributed by atoms with Gasteiger partial charge in [0.2, 0.25) is 11.8 Å². The fraction of sp³-hybridized carbons (Fsp3) is 0.333. The molecular formula is C15H21N3O2. The van der Waals surface area contributed by atoms with Crippen LogP contribution >= 0.6 is 0 Å². The van der Waals surface area contributed by atoms with Crippen LogP contribution in [0.4, 0.5) is 5.82 Å². The molecule has 0 radical (unpaired) electrons. The lowest BCUT2D eigenvalue weighted by atomic mass is 10.1. The molecule has 0 spiro atoms. The molecule has 0 bridgehead atoms. The zero-order chi connectivity index (χ0) is 15.1. The van der Waals surface area contributed by atoms with Gasteiger partial charge in [-0.1, -0.05) is 19.6 Å². The van der Waals surface area contributed by atoms with Crippen LogP contribution in [-0.2, 0) is 4.79 Å². The van der Waals surface area contributed by atoms with Gasteiger partial charge in [-0.3, -0.25) is 9.69 Å². The fourth-order valence-corrected chi connectivity index (χ4v) is 1.88. The van der Waals surface area contributed by atoms with E-state index in [-0.39, 0.29) is 5.91 Å². The summed E-state index contributed by atoms with van der Waals surface area (Å²) in [7, 11) is 1.53. The van der Waals surface area contributed by atoms with Gasteiger partial charge in [-0.25, -0.2) is 0 Å². The van der Waals surface area contributed by atoms with Gasteiger partial charge >= 0.3 is 0 Å². The van der Waals surface area contributed by atoms with Gasteiger partial charge in [-0.2, -0.15) is 4.98 Å². The summed E-state index contributed by atoms with van der Waals surface area (Å²) in [6.45, 7) is 7.85. The number of carbonyl (C=O) groups is 1. The molecule has 2 N–H and O–H groups in total. The van der Waals surface area contributed by atoms with Crippen LogP contribution in [0.3, 0.4) is 0 Å². The number of nitrogens with zero attached hydrogens (tertiary/aromatic N) is 2. The summed E-state index contributed by atoms with van der Waals surface area (Å²) in [4.78, 5) is 17.7. The second-order valence-corrected chi connectivity index (χ2v) is 4.22. The summed E-state index contributed by atoms with van der Waals surface area (Å²) in [5.41, 5.74) is 7.02. The molecule has 5 heteroatoms. The number of hydrogen-bond donors (Lipinski definition) is 1. The van der Waals surface area contributed by atoms with Crippen molar-refractivity contribution in [3.05, 3.63) is 36.6 Å². The molecule has 0 fully saturated rings. The Hall–Kier alpha value is -2.30. The molecule has 108 valence electrons. The average Bonchev–Trinajstić information content (AvgIpc) is 2.46. The highest BCUT2D eigenvalue weighted by Crippen LogP contribution is 2.27. The Balaban J connectivity index is 3.27. The number of allylic oxidation sites excluding steroid dienone is 2. The van der Waals surface area contributed by atoms with E-state index in [9.17, 15) is 4.79 Å². The molecule has 0 aromatic carbocycles. The fourth-order valence-electron chi connectivity index (χ4n) is 1.88. The Morgan fingerprint density at radius 3 is 2.70 bits per heavy atom. The number of aromatic nitrogens is 1. The first-order valence-electron chi connectivity index (χ1n) is 6.46. The number of ether oxygens (including phenoxy) is 1. The van der Waals surface area contributed by atoms with Gasteiger partial charge < -0.3 is 10.5 Å². The van der Waals surface area contributed by atoms with E-state index in [1.54, 1.807) is 17.0 Å². The van der Waals surface area contributed by atoms with Crippen LogP contribution in [0.2, 0.25) is 0 Å². The largest absolute Gasteiger partial charge is 0.480 e. The molecule has 0 saturated heterocycles. The van der Waals surface area contributed by atoms with Crippen molar-refractivity contribution in [2.24, 2.45) is 5.73 Å². The van der Waals surface area contributed by atoms with Crippen molar-refractivity contribution in [2.45, 2.75) is 20.3 Å². The van der Waals surface area contributed by atoms with Crippen molar-refractivity contribution in [3.63, 3.8) is 0 Å². The van der Waals surface area contributed by atoms with Crippen LogP contribution in [0, 0.1) is 0 Å². The Morgan fingerprint density at radius 1 is 1.55 bits per heavy atom. The molecular weight excluding hydrogens is 254 g/mol. The van der Waals surface area contributed by atoms with E-state index in [1.165, 1.54) is 20.2 Å². The van der Waals surface area contributed by atoms with Crippen molar-refractivity contribution < 1.29 is 9.53 Å². The number of carbonyl (C=O) groups excluding carboxylic acids is 1. The average molecular weight is 275 g/mol. The first kappa shape index (κ1) is 15.8. The Bertz CT molecular complexity index is 524. The van der Waals surface area contributed by atoms with Crippen LogP contribution in [0.15, 0.2) is 31.0 Å². The Morgan fingerprint density at radius 2 is 2.25 bits per heavy atom. The van der Waals surface area contributed by atoms with E-state index in [1.807, 2.05) is 13.0 Å². The number of nitrogens with two attached hydrogens (primary N) is 1. The molecule has 1 amide bonds. The second kappa shape index (κ2) is 7.33. The minimum atomic E-state index is -0.0486. The zero-order valence-electron chi connectivity index (χ0n) is 12.2. The molecule has 1 aromatic heterocycles. The summed E-state index contributed by atoms with van der Waals surface area (Å²) >= 11 is 0. The predicted octanol–water partition coefficient (Wildman–Crippen LogP) is 2.34. The molecule has 0 atom stereocenters. The van der Waals surface area contributed by atoms with Crippen LogP contribution in [0.5, 0.6) is 5.88 Å². The van der Waals surface area contributed by atoms with Crippen LogP contribution in [0.1, 0.15) is 25.8 Å². The van der Waals surface area contributed by atoms with Crippen molar-refractivity contribution in [1.82, 2.24) is 4.98 Å². The van der Waals surface area contributed by atoms with Crippen LogP contribution in [-0.4, -0.2) is 24.5 Å². The Kier molecular flexibility index (Phi) is 5.77. The van der Waals surface area contributed by atoms with E-state index >= 15 is 0 Å². The quantitative estimate of drug-likeness (QED) is 0.809. The molecule has 1 heterocycles. The number of methoxy groups -OCH3 is 1. The molecule has 5 nitrogen and oxygen atoms in total. The molecule has 1 rings (SSSR count). The number of hydrogen-bond acceptors (Lipinski definition) is 4. The van der Waals surface area contributed by atoms with Gasteiger partial charge in [0.15, 0.2) is 0 Å². The lowest BCUT2D eigenvalue weighted by Gasteiger charge is -2.20. The van der Waals surface area contributed by atoms with Crippen LogP contribution < -0.4 is 15.4 Å². The van der Waals surface area contributed by atoms with Gasteiger partial charge in [-0.15, -0.1) is 0 Å². The lowest BCUT2D eigenvalue weighted by Crippen LogP contribution is -2.30. The van der Waals surface area contributed by atoms with E-state index in [4.69, 9.17) is 10.5 Å². The second-order valence-electron chi connectivity index (χ2n) is 4.22. The standard InChI is InChI=1S/C15H21N3O2/c1-5-9-18(11(3)19)14-8-7-13(12(6-2)10-16)15(17-14)20-4/h6-8,10H,2,5,9,16H2,1,3-4H3/b12-10+. The molecule has 20 heavy (non-hydrogen) atoms. The third kappa shape index (κ3) is 3.38. The third-order valence-electron chi connectivity index (χ3n) is 2.85. The zero-order valence-corrected chi connectivity index (χ0v) is 12.2. The maximum absolute atomic E-state index is 11.7. The molecule has 0 aliphatic rings. The highest BCUT2D eigenvalue weighted by Gasteiger charge is 2.15. The minimum absolute atomic E-state index is 0.0486. The normalized spacial score (nSPS) is 11.1. The van der Waals surface area contributed by atoms with Gasteiger partial charge in [0.25, 0.3) is 0 Å². The number of anilines is 1. The molecule has 0 aliphatic heterocycles. The van der Waals surface area contributed by atoms with Crippen molar-refractivity contribution >= 4 is 17.3 Å². The van der Waals surface area contributed by atoms with E-state index in [0.717, 1.165) is 17.6 Å². The third-order valence-corrected chi connectivity index (χ3v) is 2.85. The van der Waals surface area contributed by atoms with Crippen molar-refractivity contribution in [2.75, 3.05) is 18.6 Å². The molecule has 1 aromatic rings. The monoisotopic (exact) mass is 275 g/mol. The number of amides is 1. The van der Waals surface area contributed by atoms with Crippen LogP contribution in [0.25, 0.3) is 5.57 Å². The smallest absolute Gasteiger partial charge is 0.225 e. The molecule has 0 saturated carbocycles. The number of rotatable bonds is 6. The van der Waals surface area contributed by atoms with Gasteiger partial charge in [-0.05, 0) is 18.6 Å². The Labute approximate surface area is 119 Å². The maximum Gasteiger partial charge on any atom is 0.225 e. The van der Waals surface area contributed by atoms with Crippen molar-refractivity contribution in [3.8, 4) is 5.88 Å². The van der Waals surface area contributed by atoms with E-state index in [2.05, 4.69) is 11.6 Å².